The molecular weight excluding hydrogens is 416 g/mol. The maximum Gasteiger partial charge on any atom is 0.295 e. The maximum atomic E-state index is 13.3. The first-order valence-corrected chi connectivity index (χ1v) is 10.4. The molecule has 1 atom stereocenters. The number of nitrogens with zero attached hydrogens (tertiary/aromatic N) is 1. The molecular formula is C24H25ClN2O4. The van der Waals surface area contributed by atoms with Crippen molar-refractivity contribution in [2.75, 3.05) is 33.8 Å². The standard InChI is InChI=1S/C24H25ClN2O4/c1-4-15-31-19-11-7-16(8-12-19)21-20(22(28)17-5-9-18(25)10-6-17)23(29)24(30)27(21)14-13-26(2)3/h4-12,21,28H,1,13-15H2,2-3H3/b22-20+. The third-order valence-corrected chi connectivity index (χ3v) is 5.30. The number of hydrogen-bond acceptors (Lipinski definition) is 4. The summed E-state index contributed by atoms with van der Waals surface area (Å²) in [6, 6.07) is 12.6. The average Bonchev–Trinajstić information content (AvgIpc) is 3.01. The second-order valence-electron chi connectivity index (χ2n) is 7.61. The van der Waals surface area contributed by atoms with Crippen LogP contribution in [0.4, 0.5) is 0 Å². The van der Waals surface area contributed by atoms with Crippen LogP contribution in [0, 0.1) is 0 Å². The van der Waals surface area contributed by atoms with Gasteiger partial charge in [0.15, 0.2) is 0 Å². The molecule has 1 N–H and O–H groups in total. The van der Waals surface area contributed by atoms with Crippen molar-refractivity contribution in [3.05, 3.63) is 82.9 Å². The number of rotatable bonds is 8. The Morgan fingerprint density at radius 3 is 2.39 bits per heavy atom. The molecule has 1 fully saturated rings. The third kappa shape index (κ3) is 4.98. The smallest absolute Gasteiger partial charge is 0.295 e. The predicted molar refractivity (Wildman–Crippen MR) is 118 cm³/mol. The molecule has 1 aliphatic heterocycles. The summed E-state index contributed by atoms with van der Waals surface area (Å²) in [5.41, 5.74) is 0.952. The molecule has 7 heteroatoms. The number of quaternary nitrogens is 1. The number of halogens is 1. The van der Waals surface area contributed by atoms with Crippen molar-refractivity contribution >= 4 is 29.1 Å². The highest BCUT2D eigenvalue weighted by molar-refractivity contribution is 6.46. The Kier molecular flexibility index (Phi) is 7.15. The Labute approximate surface area is 187 Å². The number of likely N-dealkylation sites (tertiary alicyclic amines) is 1. The van der Waals surface area contributed by atoms with E-state index < -0.39 is 23.5 Å². The summed E-state index contributed by atoms with van der Waals surface area (Å²) >= 11 is 5.93. The molecule has 0 radical (unpaired) electrons. The number of carbonyl (C=O) groups excluding carboxylic acids is 2. The minimum atomic E-state index is -0.759. The lowest BCUT2D eigenvalue weighted by Gasteiger charge is -2.27. The van der Waals surface area contributed by atoms with Gasteiger partial charge in [-0.15, -0.1) is 0 Å². The zero-order chi connectivity index (χ0) is 22.5. The number of ether oxygens (including phenoxy) is 1. The number of carbonyl (C=O) groups is 2. The van der Waals surface area contributed by atoms with Gasteiger partial charge in [-0.3, -0.25) is 9.59 Å². The van der Waals surface area contributed by atoms with Crippen LogP contribution in [0.2, 0.25) is 5.02 Å². The van der Waals surface area contributed by atoms with E-state index in [9.17, 15) is 14.7 Å². The predicted octanol–water partition coefficient (Wildman–Crippen LogP) is 1.27. The number of likely N-dealkylation sites (N-methyl/N-ethyl adjacent to an activating group) is 1. The summed E-state index contributed by atoms with van der Waals surface area (Å²) in [6.07, 6.45) is 1.64. The van der Waals surface area contributed by atoms with Crippen molar-refractivity contribution in [1.82, 2.24) is 4.90 Å². The van der Waals surface area contributed by atoms with Crippen LogP contribution < -0.4 is 14.7 Å². The van der Waals surface area contributed by atoms with Crippen LogP contribution in [0.15, 0.2) is 66.8 Å². The minimum Gasteiger partial charge on any atom is -0.872 e. The third-order valence-electron chi connectivity index (χ3n) is 5.05. The van der Waals surface area contributed by atoms with Gasteiger partial charge in [0.05, 0.1) is 33.2 Å². The molecule has 0 aliphatic carbocycles. The highest BCUT2D eigenvalue weighted by Gasteiger charge is 2.44. The van der Waals surface area contributed by atoms with E-state index in [0.29, 0.717) is 41.6 Å². The van der Waals surface area contributed by atoms with Gasteiger partial charge in [-0.05, 0) is 35.4 Å². The largest absolute Gasteiger partial charge is 0.872 e. The van der Waals surface area contributed by atoms with Gasteiger partial charge in [-0.2, -0.15) is 0 Å². The second kappa shape index (κ2) is 9.81. The van der Waals surface area contributed by atoms with Crippen LogP contribution in [-0.4, -0.2) is 50.4 Å². The quantitative estimate of drug-likeness (QED) is 0.290. The first-order chi connectivity index (χ1) is 14.8. The molecule has 1 unspecified atom stereocenters. The maximum absolute atomic E-state index is 13.3. The zero-order valence-corrected chi connectivity index (χ0v) is 18.3. The van der Waals surface area contributed by atoms with Gasteiger partial charge in [-0.25, -0.2) is 0 Å². The van der Waals surface area contributed by atoms with E-state index in [-0.39, 0.29) is 5.57 Å². The van der Waals surface area contributed by atoms with Crippen LogP contribution in [0.1, 0.15) is 17.2 Å². The van der Waals surface area contributed by atoms with E-state index in [2.05, 4.69) is 6.58 Å². The fourth-order valence-corrected chi connectivity index (χ4v) is 3.58. The fourth-order valence-electron chi connectivity index (χ4n) is 3.45. The lowest BCUT2D eigenvalue weighted by Crippen LogP contribution is -3.06. The lowest BCUT2D eigenvalue weighted by molar-refractivity contribution is -0.857. The molecule has 31 heavy (non-hydrogen) atoms. The van der Waals surface area contributed by atoms with Crippen molar-refractivity contribution in [2.24, 2.45) is 0 Å². The van der Waals surface area contributed by atoms with E-state index >= 15 is 0 Å². The number of benzene rings is 2. The van der Waals surface area contributed by atoms with Crippen LogP contribution in [-0.2, 0) is 9.59 Å². The molecule has 1 saturated heterocycles. The molecule has 3 rings (SSSR count). The van der Waals surface area contributed by atoms with Crippen molar-refractivity contribution in [3.8, 4) is 5.75 Å². The number of nitrogens with one attached hydrogen (secondary N) is 1. The van der Waals surface area contributed by atoms with Crippen molar-refractivity contribution in [3.63, 3.8) is 0 Å². The summed E-state index contributed by atoms with van der Waals surface area (Å²) in [5, 5.41) is 13.8. The molecule has 1 amide bonds. The van der Waals surface area contributed by atoms with Gasteiger partial charge in [0.2, 0.25) is 5.78 Å². The van der Waals surface area contributed by atoms with Gasteiger partial charge in [0, 0.05) is 10.6 Å². The van der Waals surface area contributed by atoms with Crippen LogP contribution in [0.5, 0.6) is 5.75 Å². The number of amides is 1. The molecule has 0 aromatic heterocycles. The Hall–Kier alpha value is -3.09. The molecule has 6 nitrogen and oxygen atoms in total. The van der Waals surface area contributed by atoms with Gasteiger partial charge in [-0.1, -0.05) is 54.3 Å². The second-order valence-corrected chi connectivity index (χ2v) is 8.04. The van der Waals surface area contributed by atoms with Crippen LogP contribution in [0.25, 0.3) is 5.76 Å². The SMILES string of the molecule is C=CCOc1ccc(C2/C(=C(\[O-])c3ccc(Cl)cc3)C(=O)C(=O)N2CC[NH+](C)C)cc1. The van der Waals surface area contributed by atoms with E-state index in [1.807, 2.05) is 14.1 Å². The first-order valence-electron chi connectivity index (χ1n) is 9.98. The summed E-state index contributed by atoms with van der Waals surface area (Å²) < 4.78 is 5.52. The van der Waals surface area contributed by atoms with Crippen LogP contribution >= 0.6 is 11.6 Å². The summed E-state index contributed by atoms with van der Waals surface area (Å²) in [4.78, 5) is 28.4. The minimum absolute atomic E-state index is 0.0409. The molecule has 1 heterocycles. The fraction of sp³-hybridized carbons (Fsp3) is 0.250. The van der Waals surface area contributed by atoms with Crippen molar-refractivity contribution in [2.45, 2.75) is 6.04 Å². The molecule has 0 saturated carbocycles. The van der Waals surface area contributed by atoms with E-state index in [4.69, 9.17) is 16.3 Å². The van der Waals surface area contributed by atoms with Crippen molar-refractivity contribution < 1.29 is 24.3 Å². The summed E-state index contributed by atoms with van der Waals surface area (Å²) in [5.74, 6) is -1.25. The monoisotopic (exact) mass is 440 g/mol. The van der Waals surface area contributed by atoms with Gasteiger partial charge >= 0.3 is 0 Å². The Morgan fingerprint density at radius 2 is 1.81 bits per heavy atom. The Balaban J connectivity index is 2.07. The van der Waals surface area contributed by atoms with E-state index in [1.165, 1.54) is 4.90 Å². The highest BCUT2D eigenvalue weighted by atomic mass is 35.5. The van der Waals surface area contributed by atoms with Crippen molar-refractivity contribution in [1.29, 1.82) is 0 Å². The highest BCUT2D eigenvalue weighted by Crippen LogP contribution is 2.38. The molecule has 162 valence electrons. The zero-order valence-electron chi connectivity index (χ0n) is 17.6. The summed E-state index contributed by atoms with van der Waals surface area (Å²) in [6.45, 7) is 4.98. The normalized spacial score (nSPS) is 17.9. The molecule has 2 aromatic rings. The summed E-state index contributed by atoms with van der Waals surface area (Å²) in [7, 11) is 3.93. The molecule has 0 spiro atoms. The van der Waals surface area contributed by atoms with Crippen LogP contribution in [0.3, 0.4) is 0 Å². The number of ketones is 1. The Morgan fingerprint density at radius 1 is 1.16 bits per heavy atom. The molecule has 0 bridgehead atoms. The number of hydrogen-bond donors (Lipinski definition) is 1. The topological polar surface area (TPSA) is 74.1 Å². The van der Waals surface area contributed by atoms with Gasteiger partial charge in [0.1, 0.15) is 12.4 Å². The first kappa shape index (κ1) is 22.6. The lowest BCUT2D eigenvalue weighted by atomic mass is 9.95. The number of Topliss-reactive ketones (excluding diaryl/α,β-unsaturated/α-hetero) is 1. The Bertz CT molecular complexity index is 997. The van der Waals surface area contributed by atoms with E-state index in [0.717, 1.165) is 4.90 Å². The molecule has 2 aromatic carbocycles. The average molecular weight is 441 g/mol. The molecule has 1 aliphatic rings. The van der Waals surface area contributed by atoms with Gasteiger partial charge < -0.3 is 19.6 Å². The van der Waals surface area contributed by atoms with Gasteiger partial charge in [0.25, 0.3) is 5.91 Å². The van der Waals surface area contributed by atoms with E-state index in [1.54, 1.807) is 54.6 Å².